The molecular formula is C23H20N4O2S. The first-order valence-corrected chi connectivity index (χ1v) is 10.9. The van der Waals surface area contributed by atoms with Crippen LogP contribution < -0.4 is 0 Å². The van der Waals surface area contributed by atoms with E-state index in [1.807, 2.05) is 54.6 Å². The Bertz CT molecular complexity index is 1180. The maximum Gasteiger partial charge on any atom is 0.245 e. The number of nitrogens with zero attached hydrogens (tertiary/aromatic N) is 4. The average molecular weight is 417 g/mol. The molecule has 0 bridgehead atoms. The van der Waals surface area contributed by atoms with Gasteiger partial charge in [0, 0.05) is 43.4 Å². The van der Waals surface area contributed by atoms with Gasteiger partial charge in [-0.3, -0.25) is 4.98 Å². The number of sulfonamides is 1. The van der Waals surface area contributed by atoms with Crippen LogP contribution in [0, 0.1) is 0 Å². The van der Waals surface area contributed by atoms with Crippen LogP contribution in [-0.4, -0.2) is 27.7 Å². The molecule has 30 heavy (non-hydrogen) atoms. The molecule has 2 heterocycles. The summed E-state index contributed by atoms with van der Waals surface area (Å²) in [5, 5.41) is 0. The van der Waals surface area contributed by atoms with Gasteiger partial charge in [-0.25, -0.2) is 18.4 Å². The summed E-state index contributed by atoms with van der Waals surface area (Å²) in [6.45, 7) is 0.518. The van der Waals surface area contributed by atoms with Crippen molar-refractivity contribution in [3.05, 3.63) is 109 Å². The van der Waals surface area contributed by atoms with E-state index < -0.39 is 10.0 Å². The number of hydrogen-bond acceptors (Lipinski definition) is 5. The van der Waals surface area contributed by atoms with Gasteiger partial charge in [-0.1, -0.05) is 54.6 Å². The molecule has 0 atom stereocenters. The fraction of sp³-hybridized carbons (Fsp3) is 0.0870. The third-order valence-electron chi connectivity index (χ3n) is 4.68. The molecule has 6 nitrogen and oxygen atoms in total. The van der Waals surface area contributed by atoms with Crippen molar-refractivity contribution < 1.29 is 8.42 Å². The molecule has 0 amide bonds. The van der Waals surface area contributed by atoms with Gasteiger partial charge in [0.25, 0.3) is 0 Å². The van der Waals surface area contributed by atoms with Crippen molar-refractivity contribution in [3.63, 3.8) is 0 Å². The summed E-state index contributed by atoms with van der Waals surface area (Å²) in [6, 6.07) is 20.5. The van der Waals surface area contributed by atoms with Crippen LogP contribution in [-0.2, 0) is 23.1 Å². The maximum atomic E-state index is 13.3. The lowest BCUT2D eigenvalue weighted by Gasteiger charge is -2.22. The summed E-state index contributed by atoms with van der Waals surface area (Å²) in [7, 11) is -3.71. The highest BCUT2D eigenvalue weighted by atomic mass is 32.2. The van der Waals surface area contributed by atoms with Gasteiger partial charge in [0.1, 0.15) is 11.2 Å². The third kappa shape index (κ3) is 4.59. The Morgan fingerprint density at radius 1 is 0.667 bits per heavy atom. The lowest BCUT2D eigenvalue weighted by atomic mass is 10.1. The SMILES string of the molecule is O=S(=O)(c1cccnc1)N(Cc1ccccc1)Cc1ccc(-c2cncnc2)cc1. The van der Waals surface area contributed by atoms with Gasteiger partial charge >= 0.3 is 0 Å². The van der Waals surface area contributed by atoms with E-state index in [0.29, 0.717) is 0 Å². The maximum absolute atomic E-state index is 13.3. The molecule has 0 saturated heterocycles. The average Bonchev–Trinajstić information content (AvgIpc) is 2.81. The molecular weight excluding hydrogens is 396 g/mol. The number of hydrogen-bond donors (Lipinski definition) is 0. The van der Waals surface area contributed by atoms with Crippen LogP contribution >= 0.6 is 0 Å². The van der Waals surface area contributed by atoms with Crippen LogP contribution in [0.5, 0.6) is 0 Å². The van der Waals surface area contributed by atoms with E-state index in [2.05, 4.69) is 15.0 Å². The van der Waals surface area contributed by atoms with Crippen LogP contribution in [0.2, 0.25) is 0 Å². The van der Waals surface area contributed by atoms with Gasteiger partial charge in [0.2, 0.25) is 10.0 Å². The Kier molecular flexibility index (Phi) is 5.92. The first-order chi connectivity index (χ1) is 14.6. The van der Waals surface area contributed by atoms with Crippen molar-refractivity contribution in [1.82, 2.24) is 19.3 Å². The summed E-state index contributed by atoms with van der Waals surface area (Å²) >= 11 is 0. The summed E-state index contributed by atoms with van der Waals surface area (Å²) in [5.41, 5.74) is 3.69. The highest BCUT2D eigenvalue weighted by Crippen LogP contribution is 2.23. The van der Waals surface area contributed by atoms with Crippen LogP contribution in [0.3, 0.4) is 0 Å². The Labute approximate surface area is 176 Å². The highest BCUT2D eigenvalue weighted by molar-refractivity contribution is 7.89. The largest absolute Gasteiger partial charge is 0.263 e. The Balaban J connectivity index is 1.63. The second-order valence-corrected chi connectivity index (χ2v) is 8.71. The molecule has 7 heteroatoms. The lowest BCUT2D eigenvalue weighted by molar-refractivity contribution is 0.401. The lowest BCUT2D eigenvalue weighted by Crippen LogP contribution is -2.30. The van der Waals surface area contributed by atoms with E-state index >= 15 is 0 Å². The molecule has 0 aliphatic carbocycles. The summed E-state index contributed by atoms with van der Waals surface area (Å²) in [6.07, 6.45) is 7.92. The molecule has 4 rings (SSSR count). The minimum Gasteiger partial charge on any atom is -0.263 e. The third-order valence-corrected chi connectivity index (χ3v) is 6.46. The fourth-order valence-corrected chi connectivity index (χ4v) is 4.50. The minimum absolute atomic E-state index is 0.180. The number of aromatic nitrogens is 3. The second kappa shape index (κ2) is 8.94. The van der Waals surface area contributed by atoms with Crippen LogP contribution in [0.1, 0.15) is 11.1 Å². The van der Waals surface area contributed by atoms with Crippen molar-refractivity contribution >= 4 is 10.0 Å². The zero-order valence-electron chi connectivity index (χ0n) is 16.2. The predicted molar refractivity (Wildman–Crippen MR) is 115 cm³/mol. The van der Waals surface area contributed by atoms with E-state index in [9.17, 15) is 8.42 Å². The summed E-state index contributed by atoms with van der Waals surface area (Å²) < 4.78 is 28.1. The molecule has 0 spiro atoms. The van der Waals surface area contributed by atoms with Crippen molar-refractivity contribution in [2.75, 3.05) is 0 Å². The molecule has 0 aliphatic rings. The molecule has 0 saturated carbocycles. The van der Waals surface area contributed by atoms with Gasteiger partial charge in [-0.2, -0.15) is 4.31 Å². The van der Waals surface area contributed by atoms with Gasteiger partial charge in [0.05, 0.1) is 0 Å². The smallest absolute Gasteiger partial charge is 0.245 e. The normalized spacial score (nSPS) is 11.5. The molecule has 4 aromatic rings. The summed E-state index contributed by atoms with van der Waals surface area (Å²) in [4.78, 5) is 12.2. The van der Waals surface area contributed by atoms with Crippen molar-refractivity contribution in [1.29, 1.82) is 0 Å². The minimum atomic E-state index is -3.71. The van der Waals surface area contributed by atoms with E-state index in [4.69, 9.17) is 0 Å². The van der Waals surface area contributed by atoms with E-state index in [1.54, 1.807) is 30.7 Å². The number of pyridine rings is 1. The topological polar surface area (TPSA) is 76.1 Å². The van der Waals surface area contributed by atoms with Crippen LogP contribution in [0.25, 0.3) is 11.1 Å². The monoisotopic (exact) mass is 416 g/mol. The van der Waals surface area contributed by atoms with E-state index in [-0.39, 0.29) is 18.0 Å². The van der Waals surface area contributed by atoms with Crippen LogP contribution in [0.15, 0.2) is 103 Å². The van der Waals surface area contributed by atoms with Gasteiger partial charge in [-0.05, 0) is 28.8 Å². The molecule has 0 radical (unpaired) electrons. The highest BCUT2D eigenvalue weighted by Gasteiger charge is 2.25. The van der Waals surface area contributed by atoms with Gasteiger partial charge in [-0.15, -0.1) is 0 Å². The zero-order valence-corrected chi connectivity index (χ0v) is 17.0. The molecule has 0 fully saturated rings. The summed E-state index contributed by atoms with van der Waals surface area (Å²) in [5.74, 6) is 0. The van der Waals surface area contributed by atoms with Crippen molar-refractivity contribution in [2.45, 2.75) is 18.0 Å². The zero-order chi connectivity index (χ0) is 20.8. The Hall–Kier alpha value is -3.42. The van der Waals surface area contributed by atoms with E-state index in [0.717, 1.165) is 22.3 Å². The molecule has 0 aliphatic heterocycles. The van der Waals surface area contributed by atoms with Crippen LogP contribution in [0.4, 0.5) is 0 Å². The van der Waals surface area contributed by atoms with Crippen molar-refractivity contribution in [2.24, 2.45) is 0 Å². The molecule has 150 valence electrons. The quantitative estimate of drug-likeness (QED) is 0.456. The molecule has 2 aromatic carbocycles. The molecule has 0 N–H and O–H groups in total. The van der Waals surface area contributed by atoms with E-state index in [1.165, 1.54) is 16.8 Å². The second-order valence-electron chi connectivity index (χ2n) is 6.77. The number of benzene rings is 2. The fourth-order valence-electron chi connectivity index (χ4n) is 3.12. The molecule has 2 aromatic heterocycles. The number of rotatable bonds is 7. The predicted octanol–water partition coefficient (Wildman–Crippen LogP) is 3.93. The Morgan fingerprint density at radius 3 is 1.97 bits per heavy atom. The first-order valence-electron chi connectivity index (χ1n) is 9.41. The standard InChI is InChI=1S/C23H20N4O2S/c28-30(29,23-7-4-12-24-15-23)27(16-19-5-2-1-3-6-19)17-20-8-10-21(11-9-20)22-13-25-18-26-14-22/h1-15,18H,16-17H2. The molecule has 0 unspecified atom stereocenters. The first kappa shape index (κ1) is 19.9. The Morgan fingerprint density at radius 2 is 1.33 bits per heavy atom. The van der Waals surface area contributed by atoms with Gasteiger partial charge < -0.3 is 0 Å². The van der Waals surface area contributed by atoms with Crippen molar-refractivity contribution in [3.8, 4) is 11.1 Å². The van der Waals surface area contributed by atoms with Gasteiger partial charge in [0.15, 0.2) is 0 Å².